The highest BCUT2D eigenvalue weighted by Crippen LogP contribution is 2.35. The van der Waals surface area contributed by atoms with Crippen LogP contribution in [0, 0.1) is 5.92 Å². The summed E-state index contributed by atoms with van der Waals surface area (Å²) in [5, 5.41) is 3.07. The lowest BCUT2D eigenvalue weighted by molar-refractivity contribution is 0.294. The quantitative estimate of drug-likeness (QED) is 0.783. The number of hydrogen-bond acceptors (Lipinski definition) is 5. The average molecular weight is 313 g/mol. The molecule has 2 aliphatic rings. The first kappa shape index (κ1) is 16.0. The van der Waals surface area contributed by atoms with E-state index in [0.29, 0.717) is 11.8 Å². The lowest BCUT2D eigenvalue weighted by Gasteiger charge is -2.32. The van der Waals surface area contributed by atoms with Crippen LogP contribution in [0.5, 0.6) is 0 Å². The third-order valence-electron chi connectivity index (χ3n) is 4.82. The smallest absolute Gasteiger partial charge is 0.210 e. The fourth-order valence-corrected chi connectivity index (χ4v) is 3.37. The van der Waals surface area contributed by atoms with E-state index in [1.165, 1.54) is 18.4 Å². The number of aliphatic imine (C=N–C) groups is 2. The number of nitrogens with one attached hydrogen (secondary N) is 1. The number of hydrogen-bond donors (Lipinski definition) is 3. The SMILES string of the molecule is CC(C)(C)c1ccc(C2=NC(N)(C3CCCC3)N=C(N)N2)cc1. The first-order valence-corrected chi connectivity index (χ1v) is 8.40. The summed E-state index contributed by atoms with van der Waals surface area (Å²) in [7, 11) is 0. The van der Waals surface area contributed by atoms with Gasteiger partial charge in [-0.05, 0) is 23.8 Å². The van der Waals surface area contributed by atoms with E-state index in [4.69, 9.17) is 16.5 Å². The summed E-state index contributed by atoms with van der Waals surface area (Å²) in [4.78, 5) is 9.13. The van der Waals surface area contributed by atoms with Crippen molar-refractivity contribution in [1.82, 2.24) is 5.32 Å². The number of nitrogens with zero attached hydrogens (tertiary/aromatic N) is 2. The molecule has 1 aliphatic carbocycles. The van der Waals surface area contributed by atoms with E-state index in [1.54, 1.807) is 0 Å². The number of benzene rings is 1. The predicted molar refractivity (Wildman–Crippen MR) is 95.3 cm³/mol. The minimum atomic E-state index is -0.927. The Morgan fingerprint density at radius 2 is 1.70 bits per heavy atom. The Hall–Kier alpha value is -1.88. The molecule has 0 saturated heterocycles. The van der Waals surface area contributed by atoms with Crippen LogP contribution < -0.4 is 16.8 Å². The van der Waals surface area contributed by atoms with Crippen molar-refractivity contribution < 1.29 is 0 Å². The maximum absolute atomic E-state index is 6.49. The van der Waals surface area contributed by atoms with Crippen LogP contribution in [0.15, 0.2) is 34.3 Å². The molecule has 1 atom stereocenters. The van der Waals surface area contributed by atoms with Crippen LogP contribution in [0.4, 0.5) is 0 Å². The summed E-state index contributed by atoms with van der Waals surface area (Å²) in [6.07, 6.45) is 4.51. The molecule has 1 unspecified atom stereocenters. The molecule has 0 radical (unpaired) electrons. The molecule has 1 heterocycles. The van der Waals surface area contributed by atoms with Gasteiger partial charge in [0.2, 0.25) is 5.79 Å². The van der Waals surface area contributed by atoms with E-state index < -0.39 is 5.79 Å². The minimum Gasteiger partial charge on any atom is -0.370 e. The van der Waals surface area contributed by atoms with Gasteiger partial charge in [-0.3, -0.25) is 5.73 Å². The summed E-state index contributed by atoms with van der Waals surface area (Å²) < 4.78 is 0. The molecule has 1 saturated carbocycles. The van der Waals surface area contributed by atoms with Crippen molar-refractivity contribution in [3.05, 3.63) is 35.4 Å². The van der Waals surface area contributed by atoms with Crippen LogP contribution in [0.2, 0.25) is 0 Å². The summed E-state index contributed by atoms with van der Waals surface area (Å²) in [6, 6.07) is 8.41. The Balaban J connectivity index is 1.91. The summed E-state index contributed by atoms with van der Waals surface area (Å²) in [6.45, 7) is 6.61. The van der Waals surface area contributed by atoms with E-state index >= 15 is 0 Å². The predicted octanol–water partition coefficient (Wildman–Crippen LogP) is 2.45. The molecule has 3 rings (SSSR count). The Labute approximate surface area is 138 Å². The molecule has 1 fully saturated rings. The third kappa shape index (κ3) is 3.24. The fraction of sp³-hybridized carbons (Fsp3) is 0.556. The molecule has 124 valence electrons. The standard InChI is InChI=1S/C18H27N5/c1-17(2,3)13-10-8-12(9-11-13)15-21-16(19)23-18(20,22-15)14-6-4-5-7-14/h8-11,14H,4-7,20H2,1-3H3,(H3,19,21,22,23). The van der Waals surface area contributed by atoms with Crippen LogP contribution in [0.3, 0.4) is 0 Å². The Morgan fingerprint density at radius 3 is 2.26 bits per heavy atom. The van der Waals surface area contributed by atoms with E-state index in [-0.39, 0.29) is 11.3 Å². The van der Waals surface area contributed by atoms with Gasteiger partial charge >= 0.3 is 0 Å². The van der Waals surface area contributed by atoms with Crippen molar-refractivity contribution in [3.63, 3.8) is 0 Å². The first-order chi connectivity index (χ1) is 10.8. The molecule has 0 amide bonds. The summed E-state index contributed by atoms with van der Waals surface area (Å²) in [5.41, 5.74) is 14.9. The second kappa shape index (κ2) is 5.64. The molecule has 0 bridgehead atoms. The highest BCUT2D eigenvalue weighted by atomic mass is 15.3. The van der Waals surface area contributed by atoms with Crippen LogP contribution >= 0.6 is 0 Å². The molecule has 5 N–H and O–H groups in total. The highest BCUT2D eigenvalue weighted by Gasteiger charge is 2.39. The topological polar surface area (TPSA) is 88.8 Å². The second-order valence-corrected chi connectivity index (χ2v) is 7.67. The van der Waals surface area contributed by atoms with Gasteiger partial charge in [-0.2, -0.15) is 0 Å². The van der Waals surface area contributed by atoms with Gasteiger partial charge in [-0.1, -0.05) is 57.9 Å². The fourth-order valence-electron chi connectivity index (χ4n) is 3.37. The van der Waals surface area contributed by atoms with Gasteiger partial charge in [0, 0.05) is 11.5 Å². The lowest BCUT2D eigenvalue weighted by Crippen LogP contribution is -2.53. The van der Waals surface area contributed by atoms with Crippen molar-refractivity contribution in [2.24, 2.45) is 27.4 Å². The Bertz CT molecular complexity index is 632. The number of guanidine groups is 1. The largest absolute Gasteiger partial charge is 0.370 e. The number of amidine groups is 1. The normalized spacial score (nSPS) is 25.7. The molecule has 0 spiro atoms. The third-order valence-corrected chi connectivity index (χ3v) is 4.82. The molecule has 5 heteroatoms. The second-order valence-electron chi connectivity index (χ2n) is 7.67. The highest BCUT2D eigenvalue weighted by molar-refractivity contribution is 6.09. The van der Waals surface area contributed by atoms with Crippen molar-refractivity contribution in [3.8, 4) is 0 Å². The zero-order valence-corrected chi connectivity index (χ0v) is 14.3. The van der Waals surface area contributed by atoms with E-state index in [0.717, 1.165) is 18.4 Å². The average Bonchev–Trinajstić information content (AvgIpc) is 3.00. The molecular formula is C18H27N5. The van der Waals surface area contributed by atoms with Crippen LogP contribution in [0.1, 0.15) is 57.6 Å². The van der Waals surface area contributed by atoms with Crippen LogP contribution in [-0.2, 0) is 5.41 Å². The van der Waals surface area contributed by atoms with E-state index in [1.807, 2.05) is 0 Å². The first-order valence-electron chi connectivity index (χ1n) is 8.40. The molecule has 1 aromatic carbocycles. The van der Waals surface area contributed by atoms with E-state index in [2.05, 4.69) is 55.3 Å². The van der Waals surface area contributed by atoms with Gasteiger partial charge < -0.3 is 11.1 Å². The zero-order chi connectivity index (χ0) is 16.7. The van der Waals surface area contributed by atoms with Crippen molar-refractivity contribution in [2.75, 3.05) is 0 Å². The number of nitrogens with two attached hydrogens (primary N) is 2. The van der Waals surface area contributed by atoms with Gasteiger partial charge in [-0.25, -0.2) is 9.98 Å². The summed E-state index contributed by atoms with van der Waals surface area (Å²) >= 11 is 0. The number of rotatable bonds is 2. The zero-order valence-electron chi connectivity index (χ0n) is 14.3. The molecule has 23 heavy (non-hydrogen) atoms. The maximum Gasteiger partial charge on any atom is 0.210 e. The lowest BCUT2D eigenvalue weighted by atomic mass is 9.86. The van der Waals surface area contributed by atoms with Crippen molar-refractivity contribution >= 4 is 11.8 Å². The van der Waals surface area contributed by atoms with Gasteiger partial charge in [0.1, 0.15) is 5.84 Å². The molecular weight excluding hydrogens is 286 g/mol. The monoisotopic (exact) mass is 313 g/mol. The van der Waals surface area contributed by atoms with E-state index in [9.17, 15) is 0 Å². The van der Waals surface area contributed by atoms with Gasteiger partial charge in [0.25, 0.3) is 0 Å². The van der Waals surface area contributed by atoms with Crippen molar-refractivity contribution in [1.29, 1.82) is 0 Å². The molecule has 5 nitrogen and oxygen atoms in total. The molecule has 0 aromatic heterocycles. The van der Waals surface area contributed by atoms with Gasteiger partial charge in [-0.15, -0.1) is 0 Å². The van der Waals surface area contributed by atoms with Crippen molar-refractivity contribution in [2.45, 2.75) is 57.7 Å². The molecule has 1 aromatic rings. The maximum atomic E-state index is 6.49. The minimum absolute atomic E-state index is 0.127. The summed E-state index contributed by atoms with van der Waals surface area (Å²) in [5.74, 6) is 0.410. The van der Waals surface area contributed by atoms with Crippen LogP contribution in [-0.4, -0.2) is 17.6 Å². The Morgan fingerprint density at radius 1 is 1.09 bits per heavy atom. The van der Waals surface area contributed by atoms with Crippen LogP contribution in [0.25, 0.3) is 0 Å². The van der Waals surface area contributed by atoms with Gasteiger partial charge in [0.05, 0.1) is 0 Å². The molecule has 1 aliphatic heterocycles. The Kier molecular flexibility index (Phi) is 3.92. The van der Waals surface area contributed by atoms with Gasteiger partial charge in [0.15, 0.2) is 5.96 Å².